The van der Waals surface area contributed by atoms with E-state index in [1.165, 1.54) is 0 Å². The van der Waals surface area contributed by atoms with Crippen LogP contribution in [0.1, 0.15) is 5.56 Å². The van der Waals surface area contributed by atoms with Crippen molar-refractivity contribution in [1.29, 1.82) is 0 Å². The van der Waals surface area contributed by atoms with E-state index < -0.39 is 12.0 Å². The fraction of sp³-hybridized carbons (Fsp3) is 0.333. The van der Waals surface area contributed by atoms with Gasteiger partial charge in [0.1, 0.15) is 6.04 Å². The molecular weight excluding hydrogens is 300 g/mol. The molecule has 1 aliphatic heterocycles. The van der Waals surface area contributed by atoms with Gasteiger partial charge in [0, 0.05) is 16.7 Å². The topological polar surface area (TPSA) is 69.6 Å². The SMILES string of the molecule is Cc1cc(N2CC(=O)NCC2C(=O)O)ccc1Br. The Morgan fingerprint density at radius 2 is 2.28 bits per heavy atom. The average molecular weight is 313 g/mol. The van der Waals surface area contributed by atoms with Crippen LogP contribution in [0.25, 0.3) is 0 Å². The molecule has 1 unspecified atom stereocenters. The number of benzene rings is 1. The zero-order chi connectivity index (χ0) is 13.3. The fourth-order valence-corrected chi connectivity index (χ4v) is 2.19. The molecule has 1 aliphatic rings. The Bertz CT molecular complexity index is 504. The maximum absolute atomic E-state index is 11.4. The van der Waals surface area contributed by atoms with E-state index in [0.29, 0.717) is 0 Å². The van der Waals surface area contributed by atoms with Crippen molar-refractivity contribution in [2.75, 3.05) is 18.0 Å². The third-order valence-electron chi connectivity index (χ3n) is 2.94. The van der Waals surface area contributed by atoms with Crippen LogP contribution >= 0.6 is 15.9 Å². The Hall–Kier alpha value is -1.56. The first kappa shape index (κ1) is 12.9. The van der Waals surface area contributed by atoms with Crippen LogP contribution in [0.3, 0.4) is 0 Å². The van der Waals surface area contributed by atoms with E-state index in [1.54, 1.807) is 4.90 Å². The minimum Gasteiger partial charge on any atom is -0.480 e. The van der Waals surface area contributed by atoms with E-state index in [9.17, 15) is 14.7 Å². The summed E-state index contributed by atoms with van der Waals surface area (Å²) in [6.45, 7) is 2.12. The van der Waals surface area contributed by atoms with Gasteiger partial charge in [-0.25, -0.2) is 4.79 Å². The number of anilines is 1. The minimum absolute atomic E-state index is 0.0675. The first-order valence-corrected chi connectivity index (χ1v) is 6.30. The van der Waals surface area contributed by atoms with Crippen LogP contribution in [0.15, 0.2) is 22.7 Å². The van der Waals surface area contributed by atoms with Crippen molar-refractivity contribution in [2.45, 2.75) is 13.0 Å². The van der Waals surface area contributed by atoms with Crippen molar-refractivity contribution in [3.8, 4) is 0 Å². The van der Waals surface area contributed by atoms with Crippen molar-refractivity contribution in [3.63, 3.8) is 0 Å². The first-order chi connectivity index (χ1) is 8.49. The third kappa shape index (κ3) is 2.48. The van der Waals surface area contributed by atoms with Gasteiger partial charge in [0.05, 0.1) is 6.54 Å². The fourth-order valence-electron chi connectivity index (χ4n) is 1.94. The molecule has 0 radical (unpaired) electrons. The summed E-state index contributed by atoms with van der Waals surface area (Å²) in [5.74, 6) is -1.09. The molecule has 0 bridgehead atoms. The summed E-state index contributed by atoms with van der Waals surface area (Å²) in [6.07, 6.45) is 0. The molecule has 0 aliphatic carbocycles. The molecule has 1 atom stereocenters. The van der Waals surface area contributed by atoms with Crippen molar-refractivity contribution < 1.29 is 14.7 Å². The number of amides is 1. The Balaban J connectivity index is 2.34. The number of rotatable bonds is 2. The normalized spacial score (nSPS) is 19.6. The number of hydrogen-bond acceptors (Lipinski definition) is 3. The van der Waals surface area contributed by atoms with Gasteiger partial charge in [0.25, 0.3) is 0 Å². The number of piperazine rings is 1. The Labute approximate surface area is 113 Å². The second kappa shape index (κ2) is 4.97. The van der Waals surface area contributed by atoms with E-state index in [-0.39, 0.29) is 19.0 Å². The van der Waals surface area contributed by atoms with Crippen LogP contribution in [0.2, 0.25) is 0 Å². The third-order valence-corrected chi connectivity index (χ3v) is 3.83. The lowest BCUT2D eigenvalue weighted by molar-refractivity contribution is -0.139. The van der Waals surface area contributed by atoms with E-state index in [2.05, 4.69) is 21.2 Å². The monoisotopic (exact) mass is 312 g/mol. The van der Waals surface area contributed by atoms with Crippen molar-refractivity contribution in [2.24, 2.45) is 0 Å². The molecule has 6 heteroatoms. The lowest BCUT2D eigenvalue weighted by Crippen LogP contribution is -2.57. The Morgan fingerprint density at radius 1 is 1.56 bits per heavy atom. The standard InChI is InChI=1S/C12H13BrN2O3/c1-7-4-8(2-3-9(7)13)15-6-11(16)14-5-10(15)12(17)18/h2-4,10H,5-6H2,1H3,(H,14,16)(H,17,18). The highest BCUT2D eigenvalue weighted by Crippen LogP contribution is 2.25. The van der Waals surface area contributed by atoms with Crippen LogP contribution in [0, 0.1) is 6.92 Å². The number of aliphatic carboxylic acids is 1. The highest BCUT2D eigenvalue weighted by molar-refractivity contribution is 9.10. The Morgan fingerprint density at radius 3 is 2.89 bits per heavy atom. The molecule has 1 heterocycles. The molecule has 0 aromatic heterocycles. The zero-order valence-electron chi connectivity index (χ0n) is 9.81. The number of nitrogens with zero attached hydrogens (tertiary/aromatic N) is 1. The van der Waals surface area contributed by atoms with Gasteiger partial charge in [-0.3, -0.25) is 4.79 Å². The molecule has 2 N–H and O–H groups in total. The second-order valence-corrected chi connectivity index (χ2v) is 5.07. The molecule has 1 aromatic carbocycles. The van der Waals surface area contributed by atoms with Crippen molar-refractivity contribution >= 4 is 33.5 Å². The maximum Gasteiger partial charge on any atom is 0.328 e. The quantitative estimate of drug-likeness (QED) is 0.859. The van der Waals surface area contributed by atoms with Crippen LogP contribution in [-0.2, 0) is 9.59 Å². The molecule has 0 saturated carbocycles. The molecule has 2 rings (SSSR count). The maximum atomic E-state index is 11.4. The lowest BCUT2D eigenvalue weighted by atomic mass is 10.1. The van der Waals surface area contributed by atoms with E-state index >= 15 is 0 Å². The highest BCUT2D eigenvalue weighted by atomic mass is 79.9. The number of aryl methyl sites for hydroxylation is 1. The number of carboxylic acids is 1. The number of carbonyl (C=O) groups excluding carboxylic acids is 1. The van der Waals surface area contributed by atoms with E-state index in [0.717, 1.165) is 15.7 Å². The summed E-state index contributed by atoms with van der Waals surface area (Å²) < 4.78 is 0.958. The summed E-state index contributed by atoms with van der Waals surface area (Å²) in [5.41, 5.74) is 1.75. The van der Waals surface area contributed by atoms with E-state index in [1.807, 2.05) is 25.1 Å². The molecule has 18 heavy (non-hydrogen) atoms. The highest BCUT2D eigenvalue weighted by Gasteiger charge is 2.32. The van der Waals surface area contributed by atoms with Gasteiger partial charge in [-0.2, -0.15) is 0 Å². The Kier molecular flexibility index (Phi) is 3.56. The summed E-state index contributed by atoms with van der Waals surface area (Å²) in [7, 11) is 0. The summed E-state index contributed by atoms with van der Waals surface area (Å²) in [4.78, 5) is 24.2. The van der Waals surface area contributed by atoms with Crippen molar-refractivity contribution in [3.05, 3.63) is 28.2 Å². The lowest BCUT2D eigenvalue weighted by Gasteiger charge is -2.34. The van der Waals surface area contributed by atoms with Gasteiger partial charge in [0.15, 0.2) is 0 Å². The smallest absolute Gasteiger partial charge is 0.328 e. The van der Waals surface area contributed by atoms with Gasteiger partial charge in [0.2, 0.25) is 5.91 Å². The molecule has 0 spiro atoms. The number of halogens is 1. The summed E-state index contributed by atoms with van der Waals surface area (Å²) in [6, 6.07) is 4.82. The van der Waals surface area contributed by atoms with Crippen LogP contribution < -0.4 is 10.2 Å². The molecular formula is C12H13BrN2O3. The summed E-state index contributed by atoms with van der Waals surface area (Å²) in [5, 5.41) is 11.7. The zero-order valence-corrected chi connectivity index (χ0v) is 11.4. The van der Waals surface area contributed by atoms with Gasteiger partial charge >= 0.3 is 5.97 Å². The molecule has 1 saturated heterocycles. The van der Waals surface area contributed by atoms with Crippen molar-refractivity contribution in [1.82, 2.24) is 5.32 Å². The number of carboxylic acid groups (broad SMARTS) is 1. The van der Waals surface area contributed by atoms with Crippen LogP contribution in [-0.4, -0.2) is 36.1 Å². The van der Waals surface area contributed by atoms with Gasteiger partial charge in [-0.1, -0.05) is 15.9 Å². The first-order valence-electron chi connectivity index (χ1n) is 5.51. The second-order valence-electron chi connectivity index (χ2n) is 4.22. The predicted octanol–water partition coefficient (Wildman–Crippen LogP) is 1.15. The van der Waals surface area contributed by atoms with Gasteiger partial charge < -0.3 is 15.3 Å². The van der Waals surface area contributed by atoms with Crippen LogP contribution in [0.5, 0.6) is 0 Å². The molecule has 96 valence electrons. The van der Waals surface area contributed by atoms with Gasteiger partial charge in [-0.15, -0.1) is 0 Å². The molecule has 5 nitrogen and oxygen atoms in total. The molecule has 1 amide bonds. The number of carbonyl (C=O) groups is 2. The summed E-state index contributed by atoms with van der Waals surface area (Å²) >= 11 is 3.40. The van der Waals surface area contributed by atoms with Crippen LogP contribution in [0.4, 0.5) is 5.69 Å². The number of nitrogens with one attached hydrogen (secondary N) is 1. The molecule has 1 aromatic rings. The van der Waals surface area contributed by atoms with E-state index in [4.69, 9.17) is 0 Å². The van der Waals surface area contributed by atoms with Gasteiger partial charge in [-0.05, 0) is 30.7 Å². The molecule has 1 fully saturated rings. The largest absolute Gasteiger partial charge is 0.480 e. The minimum atomic E-state index is -0.935. The predicted molar refractivity (Wildman–Crippen MR) is 70.7 cm³/mol. The average Bonchev–Trinajstić information content (AvgIpc) is 2.32. The number of hydrogen-bond donors (Lipinski definition) is 2.